The number of rotatable bonds is 3. The van der Waals surface area contributed by atoms with Gasteiger partial charge in [0.2, 0.25) is 0 Å². The van der Waals surface area contributed by atoms with Crippen LogP contribution in [-0.2, 0) is 6.42 Å². The van der Waals surface area contributed by atoms with Gasteiger partial charge in [0.25, 0.3) is 0 Å². The Hall–Kier alpha value is -2.64. The van der Waals surface area contributed by atoms with Gasteiger partial charge in [0.15, 0.2) is 5.69 Å². The summed E-state index contributed by atoms with van der Waals surface area (Å²) in [5.74, 6) is 0. The second kappa shape index (κ2) is 6.00. The molecular formula is C17H13ClN4. The largest absolute Gasteiger partial charge is 0.216 e. The second-order valence-electron chi connectivity index (χ2n) is 5.05. The molecular weight excluding hydrogens is 296 g/mol. The lowest BCUT2D eigenvalue weighted by Crippen LogP contribution is -2.04. The Bertz CT molecular complexity index is 827. The topological polar surface area (TPSA) is 54.5 Å². The maximum Gasteiger partial charge on any atom is 0.186 e. The van der Waals surface area contributed by atoms with E-state index in [1.54, 1.807) is 4.68 Å². The molecule has 1 aromatic heterocycles. The lowest BCUT2D eigenvalue weighted by molar-refractivity contribution is 0.772. The van der Waals surface area contributed by atoms with Gasteiger partial charge in [-0.15, -0.1) is 5.10 Å². The van der Waals surface area contributed by atoms with Crippen molar-refractivity contribution in [1.82, 2.24) is 15.0 Å². The highest BCUT2D eigenvalue weighted by Gasteiger charge is 2.14. The van der Waals surface area contributed by atoms with Crippen molar-refractivity contribution in [1.29, 1.82) is 5.26 Å². The summed E-state index contributed by atoms with van der Waals surface area (Å²) in [6.07, 6.45) is 0.570. The number of nitriles is 1. The van der Waals surface area contributed by atoms with E-state index >= 15 is 0 Å². The summed E-state index contributed by atoms with van der Waals surface area (Å²) in [6.45, 7) is 2.03. The molecule has 5 heteroatoms. The maximum absolute atomic E-state index is 9.26. The van der Waals surface area contributed by atoms with Crippen LogP contribution in [-0.4, -0.2) is 15.0 Å². The van der Waals surface area contributed by atoms with Crippen molar-refractivity contribution in [3.05, 3.63) is 76.1 Å². The molecule has 0 unspecified atom stereocenters. The highest BCUT2D eigenvalue weighted by Crippen LogP contribution is 2.18. The van der Waals surface area contributed by atoms with Crippen LogP contribution in [0.1, 0.15) is 22.5 Å². The molecule has 108 valence electrons. The molecule has 0 saturated heterocycles. The van der Waals surface area contributed by atoms with Gasteiger partial charge in [-0.1, -0.05) is 46.6 Å². The molecule has 22 heavy (non-hydrogen) atoms. The van der Waals surface area contributed by atoms with Crippen molar-refractivity contribution in [3.63, 3.8) is 0 Å². The Kier molecular flexibility index (Phi) is 3.90. The van der Waals surface area contributed by atoms with Gasteiger partial charge >= 0.3 is 0 Å². The van der Waals surface area contributed by atoms with Crippen LogP contribution in [0.25, 0.3) is 5.69 Å². The van der Waals surface area contributed by atoms with E-state index < -0.39 is 0 Å². The van der Waals surface area contributed by atoms with Crippen LogP contribution in [0, 0.1) is 18.3 Å². The Labute approximate surface area is 133 Å². The van der Waals surface area contributed by atoms with Gasteiger partial charge in [-0.3, -0.25) is 0 Å². The van der Waals surface area contributed by atoms with Crippen LogP contribution in [0.5, 0.6) is 0 Å². The summed E-state index contributed by atoms with van der Waals surface area (Å²) in [6, 6.07) is 17.6. The number of benzene rings is 2. The van der Waals surface area contributed by atoms with E-state index in [0.29, 0.717) is 17.1 Å². The lowest BCUT2D eigenvalue weighted by atomic mass is 10.1. The quantitative estimate of drug-likeness (QED) is 0.741. The summed E-state index contributed by atoms with van der Waals surface area (Å²) in [5, 5.41) is 18.0. The SMILES string of the molecule is Cc1ccc(-n2nnc(C#N)c2Cc2ccc(Cl)cc2)cc1. The molecule has 0 aliphatic rings. The van der Waals surface area contributed by atoms with E-state index in [1.807, 2.05) is 55.5 Å². The molecule has 0 radical (unpaired) electrons. The van der Waals surface area contributed by atoms with Crippen molar-refractivity contribution in [2.24, 2.45) is 0 Å². The van der Waals surface area contributed by atoms with Crippen LogP contribution in [0.3, 0.4) is 0 Å². The van der Waals surface area contributed by atoms with Crippen molar-refractivity contribution in [2.75, 3.05) is 0 Å². The molecule has 0 bridgehead atoms. The average Bonchev–Trinajstić information content (AvgIpc) is 2.93. The predicted molar refractivity (Wildman–Crippen MR) is 85.1 cm³/mol. The minimum absolute atomic E-state index is 0.343. The molecule has 3 rings (SSSR count). The van der Waals surface area contributed by atoms with E-state index in [2.05, 4.69) is 16.4 Å². The first-order valence-corrected chi connectivity index (χ1v) is 7.21. The van der Waals surface area contributed by atoms with Crippen molar-refractivity contribution in [3.8, 4) is 11.8 Å². The summed E-state index contributed by atoms with van der Waals surface area (Å²) in [4.78, 5) is 0. The zero-order valence-corrected chi connectivity index (χ0v) is 12.7. The van der Waals surface area contributed by atoms with Crippen LogP contribution < -0.4 is 0 Å². The number of hydrogen-bond acceptors (Lipinski definition) is 3. The normalized spacial score (nSPS) is 10.4. The summed E-state index contributed by atoms with van der Waals surface area (Å²) < 4.78 is 1.71. The monoisotopic (exact) mass is 308 g/mol. The van der Waals surface area contributed by atoms with Crippen LogP contribution in [0.2, 0.25) is 5.02 Å². The second-order valence-corrected chi connectivity index (χ2v) is 5.48. The van der Waals surface area contributed by atoms with Crippen molar-refractivity contribution < 1.29 is 0 Å². The molecule has 0 spiro atoms. The van der Waals surface area contributed by atoms with E-state index in [9.17, 15) is 5.26 Å². The number of aromatic nitrogens is 3. The summed E-state index contributed by atoms with van der Waals surface area (Å²) >= 11 is 5.91. The first kappa shape index (κ1) is 14.3. The first-order valence-electron chi connectivity index (χ1n) is 6.83. The van der Waals surface area contributed by atoms with Gasteiger partial charge in [0.1, 0.15) is 6.07 Å². The number of hydrogen-bond donors (Lipinski definition) is 0. The molecule has 3 aromatic rings. The van der Waals surface area contributed by atoms with E-state index in [1.165, 1.54) is 5.56 Å². The Morgan fingerprint density at radius 3 is 2.41 bits per heavy atom. The number of halogens is 1. The third-order valence-corrected chi connectivity index (χ3v) is 3.68. The fourth-order valence-electron chi connectivity index (χ4n) is 2.24. The fourth-order valence-corrected chi connectivity index (χ4v) is 2.36. The molecule has 4 nitrogen and oxygen atoms in total. The molecule has 0 atom stereocenters. The molecule has 0 amide bonds. The average molecular weight is 309 g/mol. The van der Waals surface area contributed by atoms with Crippen molar-refractivity contribution in [2.45, 2.75) is 13.3 Å². The van der Waals surface area contributed by atoms with Gasteiger partial charge in [-0.2, -0.15) is 5.26 Å². The molecule has 0 fully saturated rings. The molecule has 0 N–H and O–H groups in total. The highest BCUT2D eigenvalue weighted by molar-refractivity contribution is 6.30. The van der Waals surface area contributed by atoms with Crippen molar-refractivity contribution >= 4 is 11.6 Å². The minimum atomic E-state index is 0.343. The Morgan fingerprint density at radius 1 is 1.09 bits per heavy atom. The smallest absolute Gasteiger partial charge is 0.186 e. The van der Waals surface area contributed by atoms with Gasteiger partial charge in [-0.25, -0.2) is 4.68 Å². The summed E-state index contributed by atoms with van der Waals surface area (Å²) in [7, 11) is 0. The Morgan fingerprint density at radius 2 is 1.77 bits per heavy atom. The molecule has 2 aromatic carbocycles. The van der Waals surface area contributed by atoms with E-state index in [0.717, 1.165) is 16.9 Å². The first-order chi connectivity index (χ1) is 10.7. The summed E-state index contributed by atoms with van der Waals surface area (Å²) in [5.41, 5.74) is 4.23. The van der Waals surface area contributed by atoms with Crippen LogP contribution in [0.4, 0.5) is 0 Å². The van der Waals surface area contributed by atoms with Crippen LogP contribution >= 0.6 is 11.6 Å². The van der Waals surface area contributed by atoms with E-state index in [4.69, 9.17) is 11.6 Å². The van der Waals surface area contributed by atoms with Gasteiger partial charge in [-0.05, 0) is 36.8 Å². The third kappa shape index (κ3) is 2.85. The molecule has 0 aliphatic heterocycles. The number of aryl methyl sites for hydroxylation is 1. The van der Waals surface area contributed by atoms with Crippen LogP contribution in [0.15, 0.2) is 48.5 Å². The molecule has 0 saturated carbocycles. The zero-order chi connectivity index (χ0) is 15.5. The lowest BCUT2D eigenvalue weighted by Gasteiger charge is -2.07. The van der Waals surface area contributed by atoms with Gasteiger partial charge in [0.05, 0.1) is 11.4 Å². The maximum atomic E-state index is 9.26. The Balaban J connectivity index is 2.02. The van der Waals surface area contributed by atoms with Gasteiger partial charge < -0.3 is 0 Å². The molecule has 0 aliphatic carbocycles. The zero-order valence-electron chi connectivity index (χ0n) is 12.0. The predicted octanol–water partition coefficient (Wildman–Crippen LogP) is 3.69. The molecule has 1 heterocycles. The number of nitrogens with zero attached hydrogens (tertiary/aromatic N) is 4. The third-order valence-electron chi connectivity index (χ3n) is 3.43. The van der Waals surface area contributed by atoms with E-state index in [-0.39, 0.29) is 0 Å². The standard InChI is InChI=1S/C17H13ClN4/c1-12-2-8-15(9-3-12)22-17(16(11-19)20-21-22)10-13-4-6-14(18)7-5-13/h2-9H,10H2,1H3. The highest BCUT2D eigenvalue weighted by atomic mass is 35.5. The van der Waals surface area contributed by atoms with Gasteiger partial charge in [0, 0.05) is 11.4 Å². The fraction of sp³-hybridized carbons (Fsp3) is 0.118. The minimum Gasteiger partial charge on any atom is -0.216 e.